The van der Waals surface area contributed by atoms with Gasteiger partial charge in [-0.3, -0.25) is 4.98 Å². The average molecular weight is 261 g/mol. The number of nitrogens with zero attached hydrogens (tertiary/aromatic N) is 2. The molecule has 1 aromatic rings. The van der Waals surface area contributed by atoms with Crippen LogP contribution in [0.4, 0.5) is 5.69 Å². The van der Waals surface area contributed by atoms with Gasteiger partial charge in [0.1, 0.15) is 0 Å². The van der Waals surface area contributed by atoms with Crippen molar-refractivity contribution >= 4 is 5.69 Å². The minimum absolute atomic E-state index is 0.0719. The van der Waals surface area contributed by atoms with Crippen LogP contribution in [0.1, 0.15) is 57.7 Å². The van der Waals surface area contributed by atoms with Crippen LogP contribution in [0.15, 0.2) is 18.3 Å². The molecule has 1 unspecified atom stereocenters. The summed E-state index contributed by atoms with van der Waals surface area (Å²) >= 11 is 0. The second-order valence-corrected chi connectivity index (χ2v) is 5.65. The lowest BCUT2D eigenvalue weighted by atomic mass is 9.98. The lowest BCUT2D eigenvalue weighted by Crippen LogP contribution is -2.24. The van der Waals surface area contributed by atoms with Gasteiger partial charge in [-0.2, -0.15) is 0 Å². The summed E-state index contributed by atoms with van der Waals surface area (Å²) < 4.78 is 0. The predicted octanol–water partition coefficient (Wildman–Crippen LogP) is 3.51. The fourth-order valence-corrected chi connectivity index (χ4v) is 2.84. The van der Waals surface area contributed by atoms with Crippen molar-refractivity contribution < 1.29 is 0 Å². The van der Waals surface area contributed by atoms with Gasteiger partial charge < -0.3 is 10.6 Å². The molecule has 1 aromatic heterocycles. The Kier molecular flexibility index (Phi) is 5.20. The smallest absolute Gasteiger partial charge is 0.0572 e. The lowest BCUT2D eigenvalue weighted by molar-refractivity contribution is 0.459. The van der Waals surface area contributed by atoms with Crippen LogP contribution < -0.4 is 10.6 Å². The molecule has 3 nitrogen and oxygen atoms in total. The standard InChI is InChI=1S/C16H27N3/c1-3-13-6-5-10-19(11-9-13)14-7-8-16(18-12-14)15(17)4-2/h7-8,12-13,15H,3-6,9-11,17H2,1-2H3/t13?,15-/m1/s1. The quantitative estimate of drug-likeness (QED) is 0.902. The highest BCUT2D eigenvalue weighted by molar-refractivity contribution is 5.44. The molecule has 0 spiro atoms. The van der Waals surface area contributed by atoms with Gasteiger partial charge in [-0.1, -0.05) is 20.3 Å². The molecular weight excluding hydrogens is 234 g/mol. The van der Waals surface area contributed by atoms with Gasteiger partial charge in [0.25, 0.3) is 0 Å². The second kappa shape index (κ2) is 6.90. The van der Waals surface area contributed by atoms with Gasteiger partial charge in [0.2, 0.25) is 0 Å². The molecule has 1 saturated heterocycles. The molecule has 106 valence electrons. The van der Waals surface area contributed by atoms with Crippen molar-refractivity contribution in [3.05, 3.63) is 24.0 Å². The third-order valence-corrected chi connectivity index (χ3v) is 4.38. The second-order valence-electron chi connectivity index (χ2n) is 5.65. The van der Waals surface area contributed by atoms with E-state index in [1.165, 1.54) is 37.9 Å². The van der Waals surface area contributed by atoms with Crippen molar-refractivity contribution in [2.24, 2.45) is 11.7 Å². The molecule has 3 heteroatoms. The number of hydrogen-bond acceptors (Lipinski definition) is 3. The van der Waals surface area contributed by atoms with Gasteiger partial charge >= 0.3 is 0 Å². The molecule has 1 fully saturated rings. The zero-order chi connectivity index (χ0) is 13.7. The molecule has 2 rings (SSSR count). The molecule has 2 N–H and O–H groups in total. The van der Waals surface area contributed by atoms with Crippen LogP contribution in [-0.2, 0) is 0 Å². The van der Waals surface area contributed by atoms with E-state index in [1.807, 2.05) is 6.20 Å². The first kappa shape index (κ1) is 14.3. The summed E-state index contributed by atoms with van der Waals surface area (Å²) in [6.07, 6.45) is 8.24. The zero-order valence-electron chi connectivity index (χ0n) is 12.3. The first-order valence-electron chi connectivity index (χ1n) is 7.71. The van der Waals surface area contributed by atoms with Crippen LogP contribution in [0, 0.1) is 5.92 Å². The largest absolute Gasteiger partial charge is 0.370 e. The van der Waals surface area contributed by atoms with E-state index in [-0.39, 0.29) is 6.04 Å². The number of pyridine rings is 1. The van der Waals surface area contributed by atoms with Crippen LogP contribution >= 0.6 is 0 Å². The Labute approximate surface area is 117 Å². The molecule has 0 saturated carbocycles. The van der Waals surface area contributed by atoms with Gasteiger partial charge in [-0.25, -0.2) is 0 Å². The van der Waals surface area contributed by atoms with Crippen LogP contribution in [-0.4, -0.2) is 18.1 Å². The Bertz CT molecular complexity index is 374. The monoisotopic (exact) mass is 261 g/mol. The summed E-state index contributed by atoms with van der Waals surface area (Å²) in [5, 5.41) is 0. The number of rotatable bonds is 4. The fraction of sp³-hybridized carbons (Fsp3) is 0.688. The molecule has 2 atom stereocenters. The van der Waals surface area contributed by atoms with Crippen molar-refractivity contribution in [2.45, 2.75) is 52.0 Å². The summed E-state index contributed by atoms with van der Waals surface area (Å²) in [4.78, 5) is 7.00. The first-order chi connectivity index (χ1) is 9.24. The number of nitrogens with two attached hydrogens (primary N) is 1. The lowest BCUT2D eigenvalue weighted by Gasteiger charge is -2.23. The molecule has 1 aliphatic heterocycles. The Morgan fingerprint density at radius 2 is 2.16 bits per heavy atom. The Morgan fingerprint density at radius 1 is 1.32 bits per heavy atom. The molecule has 0 amide bonds. The van der Waals surface area contributed by atoms with Crippen LogP contribution in [0.3, 0.4) is 0 Å². The van der Waals surface area contributed by atoms with E-state index in [2.05, 4.69) is 35.9 Å². The summed E-state index contributed by atoms with van der Waals surface area (Å²) in [5.41, 5.74) is 8.27. The highest BCUT2D eigenvalue weighted by Crippen LogP contribution is 2.24. The minimum Gasteiger partial charge on any atom is -0.370 e. The molecule has 2 heterocycles. The van der Waals surface area contributed by atoms with Gasteiger partial charge in [0.15, 0.2) is 0 Å². The van der Waals surface area contributed by atoms with Crippen molar-refractivity contribution in [3.8, 4) is 0 Å². The van der Waals surface area contributed by atoms with Gasteiger partial charge in [-0.15, -0.1) is 0 Å². The van der Waals surface area contributed by atoms with Crippen molar-refractivity contribution in [3.63, 3.8) is 0 Å². The Morgan fingerprint density at radius 3 is 2.79 bits per heavy atom. The number of hydrogen-bond donors (Lipinski definition) is 1. The predicted molar refractivity (Wildman–Crippen MR) is 81.3 cm³/mol. The van der Waals surface area contributed by atoms with Crippen LogP contribution in [0.2, 0.25) is 0 Å². The van der Waals surface area contributed by atoms with E-state index in [4.69, 9.17) is 5.73 Å². The SMILES string of the molecule is CCC1CCCN(c2ccc([C@H](N)CC)nc2)CC1. The van der Waals surface area contributed by atoms with Gasteiger partial charge in [0, 0.05) is 19.1 Å². The maximum atomic E-state index is 6.01. The maximum Gasteiger partial charge on any atom is 0.0572 e. The van der Waals surface area contributed by atoms with E-state index in [1.54, 1.807) is 0 Å². The van der Waals surface area contributed by atoms with Gasteiger partial charge in [0.05, 0.1) is 17.6 Å². The van der Waals surface area contributed by atoms with Crippen LogP contribution in [0.25, 0.3) is 0 Å². The van der Waals surface area contributed by atoms with E-state index in [9.17, 15) is 0 Å². The average Bonchev–Trinajstić information content (AvgIpc) is 2.72. The Balaban J connectivity index is 2.01. The first-order valence-corrected chi connectivity index (χ1v) is 7.71. The maximum absolute atomic E-state index is 6.01. The molecule has 0 aromatic carbocycles. The van der Waals surface area contributed by atoms with E-state index in [0.29, 0.717) is 0 Å². The molecule has 19 heavy (non-hydrogen) atoms. The number of aromatic nitrogens is 1. The normalized spacial score (nSPS) is 22.1. The van der Waals surface area contributed by atoms with Crippen molar-refractivity contribution in [1.29, 1.82) is 0 Å². The summed E-state index contributed by atoms with van der Waals surface area (Å²) in [6, 6.07) is 4.35. The highest BCUT2D eigenvalue weighted by Gasteiger charge is 2.16. The Hall–Kier alpha value is -1.09. The summed E-state index contributed by atoms with van der Waals surface area (Å²) in [7, 11) is 0. The highest BCUT2D eigenvalue weighted by atomic mass is 15.1. The number of anilines is 1. The molecule has 0 radical (unpaired) electrons. The fourth-order valence-electron chi connectivity index (χ4n) is 2.84. The molecular formula is C16H27N3. The topological polar surface area (TPSA) is 42.1 Å². The zero-order valence-corrected chi connectivity index (χ0v) is 12.3. The van der Waals surface area contributed by atoms with Crippen LogP contribution in [0.5, 0.6) is 0 Å². The minimum atomic E-state index is 0.0719. The third-order valence-electron chi connectivity index (χ3n) is 4.38. The summed E-state index contributed by atoms with van der Waals surface area (Å²) in [5.74, 6) is 0.908. The van der Waals surface area contributed by atoms with E-state index >= 15 is 0 Å². The van der Waals surface area contributed by atoms with E-state index in [0.717, 1.165) is 24.6 Å². The van der Waals surface area contributed by atoms with Gasteiger partial charge in [-0.05, 0) is 43.7 Å². The third kappa shape index (κ3) is 3.69. The molecule has 0 aliphatic carbocycles. The molecule has 0 bridgehead atoms. The summed E-state index contributed by atoms with van der Waals surface area (Å²) in [6.45, 7) is 6.74. The molecule has 1 aliphatic rings. The van der Waals surface area contributed by atoms with Crippen molar-refractivity contribution in [2.75, 3.05) is 18.0 Å². The van der Waals surface area contributed by atoms with E-state index < -0.39 is 0 Å². The van der Waals surface area contributed by atoms with Crippen molar-refractivity contribution in [1.82, 2.24) is 4.98 Å².